The molecule has 0 saturated carbocycles. The maximum absolute atomic E-state index is 12.7. The summed E-state index contributed by atoms with van der Waals surface area (Å²) in [6.45, 7) is -0.115. The summed E-state index contributed by atoms with van der Waals surface area (Å²) < 4.78 is 7.29. The molecule has 4 rings (SSSR count). The molecule has 1 aromatic heterocycles. The normalized spacial score (nSPS) is 11.7. The number of fused-ring (bicyclic) bond motifs is 3. The fraction of sp³-hybridized carbons (Fsp3) is 0.0952. The number of benzene rings is 3. The molecular formula is C21H15N3O5S. The van der Waals surface area contributed by atoms with E-state index in [2.05, 4.69) is 4.99 Å². The Balaban J connectivity index is 1.92. The van der Waals surface area contributed by atoms with Crippen LogP contribution in [-0.2, 0) is 16.1 Å². The van der Waals surface area contributed by atoms with Crippen LogP contribution in [0.3, 0.4) is 0 Å². The van der Waals surface area contributed by atoms with E-state index in [1.54, 1.807) is 4.57 Å². The largest absolute Gasteiger partial charge is 0.468 e. The van der Waals surface area contributed by atoms with Crippen LogP contribution < -0.4 is 4.80 Å². The first-order valence-corrected chi connectivity index (χ1v) is 9.71. The van der Waals surface area contributed by atoms with E-state index in [-0.39, 0.29) is 17.8 Å². The van der Waals surface area contributed by atoms with Gasteiger partial charge in [-0.1, -0.05) is 47.7 Å². The van der Waals surface area contributed by atoms with E-state index in [9.17, 15) is 19.7 Å². The van der Waals surface area contributed by atoms with Crippen molar-refractivity contribution in [3.05, 3.63) is 81.1 Å². The van der Waals surface area contributed by atoms with Crippen LogP contribution >= 0.6 is 11.3 Å². The Bertz CT molecular complexity index is 1390. The number of nitro groups is 1. The third-order valence-corrected chi connectivity index (χ3v) is 5.72. The molecule has 0 aliphatic rings. The minimum absolute atomic E-state index is 0.0936. The van der Waals surface area contributed by atoms with Crippen molar-refractivity contribution in [3.63, 3.8) is 0 Å². The lowest BCUT2D eigenvalue weighted by atomic mass is 10.1. The molecular weight excluding hydrogens is 406 g/mol. The number of esters is 1. The number of hydrogen-bond acceptors (Lipinski definition) is 6. The van der Waals surface area contributed by atoms with Gasteiger partial charge in [-0.2, -0.15) is 4.99 Å². The number of thiazole rings is 1. The van der Waals surface area contributed by atoms with E-state index in [4.69, 9.17) is 4.74 Å². The summed E-state index contributed by atoms with van der Waals surface area (Å²) in [6.07, 6.45) is 0. The lowest BCUT2D eigenvalue weighted by molar-refractivity contribution is -0.384. The molecule has 0 radical (unpaired) electrons. The second-order valence-electron chi connectivity index (χ2n) is 6.41. The van der Waals surface area contributed by atoms with Crippen LogP contribution in [-0.4, -0.2) is 28.5 Å². The summed E-state index contributed by atoms with van der Waals surface area (Å²) in [4.78, 5) is 39.6. The maximum atomic E-state index is 12.7. The van der Waals surface area contributed by atoms with Gasteiger partial charge in [0.1, 0.15) is 6.54 Å². The van der Waals surface area contributed by atoms with Crippen LogP contribution in [0.5, 0.6) is 0 Å². The van der Waals surface area contributed by atoms with Crippen molar-refractivity contribution in [1.82, 2.24) is 4.57 Å². The van der Waals surface area contributed by atoms with E-state index < -0.39 is 16.8 Å². The minimum atomic E-state index is -0.631. The van der Waals surface area contributed by atoms with Crippen LogP contribution in [0.25, 0.3) is 21.0 Å². The van der Waals surface area contributed by atoms with E-state index in [1.807, 2.05) is 36.4 Å². The molecule has 0 atom stereocenters. The van der Waals surface area contributed by atoms with Gasteiger partial charge in [-0.25, -0.2) is 0 Å². The summed E-state index contributed by atoms with van der Waals surface area (Å²) in [5.74, 6) is -1.11. The Morgan fingerprint density at radius 2 is 1.93 bits per heavy atom. The molecule has 8 nitrogen and oxygen atoms in total. The number of nitrogens with zero attached hydrogens (tertiary/aromatic N) is 3. The summed E-state index contributed by atoms with van der Waals surface area (Å²) in [6, 6.07) is 17.0. The van der Waals surface area contributed by atoms with E-state index >= 15 is 0 Å². The van der Waals surface area contributed by atoms with Crippen molar-refractivity contribution < 1.29 is 19.2 Å². The molecule has 9 heteroatoms. The zero-order chi connectivity index (χ0) is 21.3. The van der Waals surface area contributed by atoms with Crippen LogP contribution in [0.15, 0.2) is 65.7 Å². The molecule has 0 aliphatic carbocycles. The first-order valence-electron chi connectivity index (χ1n) is 8.89. The number of methoxy groups -OCH3 is 1. The molecule has 1 heterocycles. The Labute approximate surface area is 173 Å². The molecule has 1 amide bonds. The molecule has 4 aromatic rings. The van der Waals surface area contributed by atoms with Gasteiger partial charge in [-0.15, -0.1) is 0 Å². The number of hydrogen-bond donors (Lipinski definition) is 0. The van der Waals surface area contributed by atoms with Crippen LogP contribution in [0.1, 0.15) is 10.4 Å². The fourth-order valence-electron chi connectivity index (χ4n) is 3.13. The summed E-state index contributed by atoms with van der Waals surface area (Å²) >= 11 is 1.27. The smallest absolute Gasteiger partial charge is 0.325 e. The van der Waals surface area contributed by atoms with E-state index in [1.165, 1.54) is 42.7 Å². The number of rotatable bonds is 4. The highest BCUT2D eigenvalue weighted by Gasteiger charge is 2.15. The van der Waals surface area contributed by atoms with Crippen LogP contribution in [0, 0.1) is 10.1 Å². The van der Waals surface area contributed by atoms with Gasteiger partial charge < -0.3 is 9.30 Å². The van der Waals surface area contributed by atoms with Gasteiger partial charge in [-0.05, 0) is 17.5 Å². The summed E-state index contributed by atoms with van der Waals surface area (Å²) in [7, 11) is 1.29. The van der Waals surface area contributed by atoms with Gasteiger partial charge in [0.05, 0.1) is 22.2 Å². The molecule has 0 aliphatic heterocycles. The number of aromatic nitrogens is 1. The molecule has 30 heavy (non-hydrogen) atoms. The monoisotopic (exact) mass is 421 g/mol. The average Bonchev–Trinajstić information content (AvgIpc) is 3.11. The second-order valence-corrected chi connectivity index (χ2v) is 7.38. The highest BCUT2D eigenvalue weighted by Crippen LogP contribution is 2.27. The molecule has 0 fully saturated rings. The van der Waals surface area contributed by atoms with Crippen molar-refractivity contribution in [3.8, 4) is 0 Å². The van der Waals surface area contributed by atoms with Gasteiger partial charge in [-0.3, -0.25) is 19.7 Å². The lowest BCUT2D eigenvalue weighted by Gasteiger charge is -2.04. The predicted molar refractivity (Wildman–Crippen MR) is 112 cm³/mol. The predicted octanol–water partition coefficient (Wildman–Crippen LogP) is 3.68. The molecule has 150 valence electrons. The van der Waals surface area contributed by atoms with Crippen molar-refractivity contribution in [1.29, 1.82) is 0 Å². The average molecular weight is 421 g/mol. The molecule has 0 unspecified atom stereocenters. The number of carbonyl (C=O) groups is 2. The number of ether oxygens (including phenoxy) is 1. The number of nitro benzene ring substituents is 1. The molecule has 0 spiro atoms. The summed E-state index contributed by atoms with van der Waals surface area (Å²) in [5, 5.41) is 13.0. The highest BCUT2D eigenvalue weighted by molar-refractivity contribution is 7.17. The summed E-state index contributed by atoms with van der Waals surface area (Å²) in [5.41, 5.74) is 0.645. The van der Waals surface area contributed by atoms with Crippen LogP contribution in [0.2, 0.25) is 0 Å². The van der Waals surface area contributed by atoms with Gasteiger partial charge in [0.15, 0.2) is 4.80 Å². The molecule has 0 N–H and O–H groups in total. The SMILES string of the molecule is COC(=O)Cn1c(=NC(=O)c2cccc([N+](=O)[O-])c2)sc2c3ccccc3ccc21. The zero-order valence-corrected chi connectivity index (χ0v) is 16.6. The fourth-order valence-corrected chi connectivity index (χ4v) is 4.30. The standard InChI is InChI=1S/C21H15N3O5S/c1-29-18(25)12-23-17-10-9-13-5-2-3-8-16(13)19(17)30-21(23)22-20(26)14-6-4-7-15(11-14)24(27)28/h2-11H,12H2,1H3. The third-order valence-electron chi connectivity index (χ3n) is 4.59. The minimum Gasteiger partial charge on any atom is -0.468 e. The highest BCUT2D eigenvalue weighted by atomic mass is 32.1. The van der Waals surface area contributed by atoms with E-state index in [0.29, 0.717) is 4.80 Å². The Morgan fingerprint density at radius 1 is 1.13 bits per heavy atom. The van der Waals surface area contributed by atoms with Crippen LogP contribution in [0.4, 0.5) is 5.69 Å². The van der Waals surface area contributed by atoms with Crippen molar-refractivity contribution in [2.45, 2.75) is 6.54 Å². The van der Waals surface area contributed by atoms with E-state index in [0.717, 1.165) is 21.0 Å². The molecule has 3 aromatic carbocycles. The van der Waals surface area contributed by atoms with Crippen molar-refractivity contribution in [2.75, 3.05) is 7.11 Å². The first kappa shape index (κ1) is 19.5. The molecule has 0 saturated heterocycles. The maximum Gasteiger partial charge on any atom is 0.325 e. The zero-order valence-electron chi connectivity index (χ0n) is 15.8. The first-order chi connectivity index (χ1) is 14.5. The van der Waals surface area contributed by atoms with Gasteiger partial charge in [0.25, 0.3) is 11.6 Å². The third kappa shape index (κ3) is 3.58. The number of carbonyl (C=O) groups excluding carboxylic acids is 2. The second kappa shape index (κ2) is 7.88. The van der Waals surface area contributed by atoms with Gasteiger partial charge in [0.2, 0.25) is 0 Å². The van der Waals surface area contributed by atoms with Gasteiger partial charge in [0, 0.05) is 23.1 Å². The Morgan fingerprint density at radius 3 is 2.70 bits per heavy atom. The Kier molecular flexibility index (Phi) is 5.11. The quantitative estimate of drug-likeness (QED) is 0.284. The topological polar surface area (TPSA) is 104 Å². The molecule has 0 bridgehead atoms. The number of non-ortho nitro benzene ring substituents is 1. The number of amides is 1. The van der Waals surface area contributed by atoms with Gasteiger partial charge >= 0.3 is 5.97 Å². The Hall–Kier alpha value is -3.85. The van der Waals surface area contributed by atoms with Crippen molar-refractivity contribution >= 4 is 49.9 Å². The van der Waals surface area contributed by atoms with Crippen molar-refractivity contribution in [2.24, 2.45) is 4.99 Å². The lowest BCUT2D eigenvalue weighted by Crippen LogP contribution is -2.22.